The highest BCUT2D eigenvalue weighted by Gasteiger charge is 2.13. The van der Waals surface area contributed by atoms with Crippen LogP contribution in [0.1, 0.15) is 31.9 Å². The van der Waals surface area contributed by atoms with Crippen molar-refractivity contribution in [1.82, 2.24) is 10.9 Å². The molecular weight excluding hydrogens is 376 g/mol. The molecule has 0 aliphatic heterocycles. The predicted octanol–water partition coefficient (Wildman–Crippen LogP) is 4.82. The number of hydrogen-bond donors (Lipinski definition) is 2. The summed E-state index contributed by atoms with van der Waals surface area (Å²) in [6.45, 7) is 10.4. The highest BCUT2D eigenvalue weighted by Crippen LogP contribution is 2.25. The van der Waals surface area contributed by atoms with Crippen LogP contribution in [0.25, 0.3) is 16.5 Å². The standard InChI is InChI=1S/C25H28N2O3/c1-17(18-6-7-20-15-23(29-5)11-8-19(20)14-18)26-27-24(28)16-30-22-12-9-21(10-13-22)25(2,3)4/h6-15,26H,1,16H2,2-5H3,(H,27,28). The third kappa shape index (κ3) is 5.32. The molecule has 3 aromatic carbocycles. The van der Waals surface area contributed by atoms with Gasteiger partial charge in [0.2, 0.25) is 0 Å². The van der Waals surface area contributed by atoms with Crippen LogP contribution < -0.4 is 20.3 Å². The minimum atomic E-state index is -0.290. The van der Waals surface area contributed by atoms with E-state index < -0.39 is 0 Å². The molecule has 0 spiro atoms. The number of nitrogens with one attached hydrogen (secondary N) is 2. The monoisotopic (exact) mass is 404 g/mol. The van der Waals surface area contributed by atoms with Gasteiger partial charge in [0.05, 0.1) is 12.8 Å². The second kappa shape index (κ2) is 8.91. The highest BCUT2D eigenvalue weighted by atomic mass is 16.5. The minimum absolute atomic E-state index is 0.0784. The molecule has 2 N–H and O–H groups in total. The molecule has 0 saturated heterocycles. The van der Waals surface area contributed by atoms with E-state index in [0.717, 1.165) is 22.1 Å². The number of fused-ring (bicyclic) bond motifs is 1. The van der Waals surface area contributed by atoms with Crippen molar-refractivity contribution < 1.29 is 14.3 Å². The number of amides is 1. The van der Waals surface area contributed by atoms with Crippen LogP contribution in [0.5, 0.6) is 11.5 Å². The third-order valence-corrected chi connectivity index (χ3v) is 4.84. The molecule has 3 rings (SSSR count). The molecule has 0 aromatic heterocycles. The van der Waals surface area contributed by atoms with E-state index in [9.17, 15) is 4.79 Å². The zero-order valence-corrected chi connectivity index (χ0v) is 17.9. The molecule has 0 fully saturated rings. The van der Waals surface area contributed by atoms with Gasteiger partial charge in [-0.1, -0.05) is 57.7 Å². The smallest absolute Gasteiger partial charge is 0.276 e. The number of benzene rings is 3. The summed E-state index contributed by atoms with van der Waals surface area (Å²) in [7, 11) is 1.65. The lowest BCUT2D eigenvalue weighted by atomic mass is 9.87. The van der Waals surface area contributed by atoms with Gasteiger partial charge in [0.1, 0.15) is 11.5 Å². The summed E-state index contributed by atoms with van der Waals surface area (Å²) in [4.78, 5) is 12.1. The second-order valence-electron chi connectivity index (χ2n) is 8.14. The summed E-state index contributed by atoms with van der Waals surface area (Å²) in [5.74, 6) is 1.18. The first-order chi connectivity index (χ1) is 14.3. The summed E-state index contributed by atoms with van der Waals surface area (Å²) in [5, 5.41) is 2.13. The Morgan fingerprint density at radius 1 is 0.900 bits per heavy atom. The van der Waals surface area contributed by atoms with Crippen molar-refractivity contribution in [1.29, 1.82) is 0 Å². The fourth-order valence-corrected chi connectivity index (χ4v) is 2.99. The van der Waals surface area contributed by atoms with E-state index in [1.165, 1.54) is 5.56 Å². The first kappa shape index (κ1) is 21.2. The Morgan fingerprint density at radius 3 is 2.20 bits per heavy atom. The molecule has 0 aliphatic rings. The maximum atomic E-state index is 12.1. The Hall–Kier alpha value is -3.47. The van der Waals surface area contributed by atoms with E-state index in [4.69, 9.17) is 9.47 Å². The number of carbonyl (C=O) groups is 1. The van der Waals surface area contributed by atoms with Gasteiger partial charge < -0.3 is 9.47 Å². The molecule has 30 heavy (non-hydrogen) atoms. The van der Waals surface area contributed by atoms with Gasteiger partial charge in [-0.2, -0.15) is 0 Å². The summed E-state index contributed by atoms with van der Waals surface area (Å²) >= 11 is 0. The molecule has 0 aliphatic carbocycles. The van der Waals surface area contributed by atoms with Gasteiger partial charge in [0.15, 0.2) is 6.61 Å². The van der Waals surface area contributed by atoms with E-state index in [1.807, 2.05) is 60.7 Å². The van der Waals surface area contributed by atoms with Crippen LogP contribution in [0.4, 0.5) is 0 Å². The number of rotatable bonds is 7. The van der Waals surface area contributed by atoms with Gasteiger partial charge in [-0.3, -0.25) is 15.6 Å². The molecule has 0 saturated carbocycles. The van der Waals surface area contributed by atoms with Crippen molar-refractivity contribution in [2.45, 2.75) is 26.2 Å². The van der Waals surface area contributed by atoms with Crippen LogP contribution in [0, 0.1) is 0 Å². The largest absolute Gasteiger partial charge is 0.497 e. The molecule has 5 nitrogen and oxygen atoms in total. The van der Waals surface area contributed by atoms with Crippen LogP contribution >= 0.6 is 0 Å². The number of hydrogen-bond acceptors (Lipinski definition) is 4. The molecular formula is C25H28N2O3. The van der Waals surface area contributed by atoms with Crippen molar-refractivity contribution in [3.8, 4) is 11.5 Å². The van der Waals surface area contributed by atoms with Gasteiger partial charge in [-0.05, 0) is 57.6 Å². The van der Waals surface area contributed by atoms with Crippen LogP contribution in [0.15, 0.2) is 67.2 Å². The van der Waals surface area contributed by atoms with Crippen LogP contribution in [-0.2, 0) is 10.2 Å². The Morgan fingerprint density at radius 2 is 1.53 bits per heavy atom. The molecule has 5 heteroatoms. The Bertz CT molecular complexity index is 1050. The maximum absolute atomic E-state index is 12.1. The van der Waals surface area contributed by atoms with E-state index >= 15 is 0 Å². The normalized spacial score (nSPS) is 11.1. The Balaban J connectivity index is 1.51. The van der Waals surface area contributed by atoms with Crippen molar-refractivity contribution in [3.05, 3.63) is 78.4 Å². The Kier molecular flexibility index (Phi) is 6.31. The van der Waals surface area contributed by atoms with Gasteiger partial charge in [0, 0.05) is 0 Å². The zero-order chi connectivity index (χ0) is 21.7. The van der Waals surface area contributed by atoms with Crippen molar-refractivity contribution >= 4 is 22.4 Å². The topological polar surface area (TPSA) is 59.6 Å². The van der Waals surface area contributed by atoms with Crippen LogP contribution in [0.2, 0.25) is 0 Å². The second-order valence-corrected chi connectivity index (χ2v) is 8.14. The van der Waals surface area contributed by atoms with E-state index in [0.29, 0.717) is 11.4 Å². The Labute approximate surface area is 177 Å². The molecule has 0 unspecified atom stereocenters. The van der Waals surface area contributed by atoms with Crippen LogP contribution in [-0.4, -0.2) is 19.6 Å². The average Bonchev–Trinajstić information content (AvgIpc) is 2.74. The lowest BCUT2D eigenvalue weighted by Gasteiger charge is -2.19. The molecule has 3 aromatic rings. The maximum Gasteiger partial charge on any atom is 0.276 e. The summed E-state index contributed by atoms with van der Waals surface area (Å²) in [6.07, 6.45) is 0. The van der Waals surface area contributed by atoms with Crippen molar-refractivity contribution in [3.63, 3.8) is 0 Å². The van der Waals surface area contributed by atoms with E-state index in [-0.39, 0.29) is 17.9 Å². The average molecular weight is 405 g/mol. The summed E-state index contributed by atoms with van der Waals surface area (Å²) < 4.78 is 10.8. The molecule has 156 valence electrons. The lowest BCUT2D eigenvalue weighted by Crippen LogP contribution is -2.38. The zero-order valence-electron chi connectivity index (χ0n) is 17.9. The van der Waals surface area contributed by atoms with Gasteiger partial charge in [-0.15, -0.1) is 0 Å². The lowest BCUT2D eigenvalue weighted by molar-refractivity contribution is -0.123. The molecule has 1 amide bonds. The number of carbonyl (C=O) groups excluding carboxylic acids is 1. The van der Waals surface area contributed by atoms with Gasteiger partial charge in [0.25, 0.3) is 5.91 Å². The summed E-state index contributed by atoms with van der Waals surface area (Å²) in [5.41, 5.74) is 8.24. The van der Waals surface area contributed by atoms with E-state index in [2.05, 4.69) is 38.2 Å². The minimum Gasteiger partial charge on any atom is -0.497 e. The number of methoxy groups -OCH3 is 1. The molecule has 0 bridgehead atoms. The number of hydrazine groups is 1. The van der Waals surface area contributed by atoms with Crippen LogP contribution in [0.3, 0.4) is 0 Å². The predicted molar refractivity (Wildman–Crippen MR) is 121 cm³/mol. The molecule has 0 atom stereocenters. The molecule has 0 heterocycles. The first-order valence-corrected chi connectivity index (χ1v) is 9.81. The SMILES string of the molecule is C=C(NNC(=O)COc1ccc(C(C)(C)C)cc1)c1ccc2cc(OC)ccc2c1. The summed E-state index contributed by atoms with van der Waals surface area (Å²) in [6, 6.07) is 19.6. The van der Waals surface area contributed by atoms with Gasteiger partial charge in [-0.25, -0.2) is 0 Å². The van der Waals surface area contributed by atoms with Gasteiger partial charge >= 0.3 is 0 Å². The fraction of sp³-hybridized carbons (Fsp3) is 0.240. The first-order valence-electron chi connectivity index (χ1n) is 9.81. The molecule has 0 radical (unpaired) electrons. The van der Waals surface area contributed by atoms with E-state index in [1.54, 1.807) is 7.11 Å². The quantitative estimate of drug-likeness (QED) is 0.555. The van der Waals surface area contributed by atoms with Crippen molar-refractivity contribution in [2.24, 2.45) is 0 Å². The van der Waals surface area contributed by atoms with Crippen molar-refractivity contribution in [2.75, 3.05) is 13.7 Å². The fourth-order valence-electron chi connectivity index (χ4n) is 2.99. The number of ether oxygens (including phenoxy) is 2. The highest BCUT2D eigenvalue weighted by molar-refractivity contribution is 5.87. The third-order valence-electron chi connectivity index (χ3n) is 4.84.